The van der Waals surface area contributed by atoms with Gasteiger partial charge >= 0.3 is 0 Å². The predicted octanol–water partition coefficient (Wildman–Crippen LogP) is 2.87. The van der Waals surface area contributed by atoms with Crippen LogP contribution in [0.4, 0.5) is 0 Å². The first-order valence-corrected chi connectivity index (χ1v) is 9.04. The van der Waals surface area contributed by atoms with E-state index in [0.717, 1.165) is 4.88 Å². The van der Waals surface area contributed by atoms with Gasteiger partial charge in [0.25, 0.3) is 5.91 Å². The van der Waals surface area contributed by atoms with Crippen molar-refractivity contribution in [1.29, 1.82) is 0 Å². The number of carbonyl (C=O) groups is 2. The summed E-state index contributed by atoms with van der Waals surface area (Å²) in [6.45, 7) is 0. The van der Waals surface area contributed by atoms with Gasteiger partial charge in [-0.1, -0.05) is 6.07 Å². The summed E-state index contributed by atoms with van der Waals surface area (Å²) in [7, 11) is 1.54. The fourth-order valence-electron chi connectivity index (χ4n) is 1.72. The molecule has 0 spiro atoms. The Balaban J connectivity index is 1.82. The molecule has 0 atom stereocenters. The van der Waals surface area contributed by atoms with E-state index in [1.165, 1.54) is 24.5 Å². The number of carbonyl (C=O) groups excluding carboxylic acids is 2. The van der Waals surface area contributed by atoms with Gasteiger partial charge in [0.2, 0.25) is 5.91 Å². The number of thiocarbonyl (C=S) groups is 1. The molecule has 2 aromatic rings. The van der Waals surface area contributed by atoms with Crippen LogP contribution >= 0.6 is 39.5 Å². The molecule has 1 aromatic heterocycles. The Labute approximate surface area is 162 Å². The molecule has 9 heteroatoms. The lowest BCUT2D eigenvalue weighted by Gasteiger charge is -2.10. The summed E-state index contributed by atoms with van der Waals surface area (Å²) >= 11 is 9.78. The second-order valence-corrected chi connectivity index (χ2v) is 6.84. The molecule has 3 N–H and O–H groups in total. The van der Waals surface area contributed by atoms with Gasteiger partial charge in [-0.2, -0.15) is 0 Å². The summed E-state index contributed by atoms with van der Waals surface area (Å²) in [6, 6.07) is 8.65. The van der Waals surface area contributed by atoms with Crippen LogP contribution in [-0.2, 0) is 4.79 Å². The number of rotatable bonds is 4. The van der Waals surface area contributed by atoms with Crippen LogP contribution in [0.1, 0.15) is 15.2 Å². The monoisotopic (exact) mass is 439 g/mol. The van der Waals surface area contributed by atoms with Crippen LogP contribution in [0.25, 0.3) is 6.08 Å². The standard InChI is InChI=1S/C16H14BrN3O3S2/c1-23-13-6-4-10(9-12(13)17)15(22)19-20-16(24)18-14(21)7-5-11-3-2-8-25-11/h2-9H,1H3,(H,19,22)(H2,18,20,21,24)/b7-5+. The van der Waals surface area contributed by atoms with E-state index in [1.807, 2.05) is 17.5 Å². The molecule has 0 aliphatic carbocycles. The van der Waals surface area contributed by atoms with Crippen molar-refractivity contribution >= 4 is 62.5 Å². The second-order valence-electron chi connectivity index (χ2n) is 4.60. The van der Waals surface area contributed by atoms with Crippen molar-refractivity contribution in [3.8, 4) is 5.75 Å². The topological polar surface area (TPSA) is 79.5 Å². The Morgan fingerprint density at radius 3 is 2.72 bits per heavy atom. The number of halogens is 1. The maximum absolute atomic E-state index is 12.0. The normalized spacial score (nSPS) is 10.3. The molecular formula is C16H14BrN3O3S2. The Bertz CT molecular complexity index is 807. The number of thiophene rings is 1. The third kappa shape index (κ3) is 5.96. The minimum atomic E-state index is -0.408. The number of benzene rings is 1. The van der Waals surface area contributed by atoms with Crippen molar-refractivity contribution in [3.63, 3.8) is 0 Å². The Hall–Kier alpha value is -2.23. The molecule has 0 fully saturated rings. The van der Waals surface area contributed by atoms with Gasteiger partial charge in [-0.3, -0.25) is 25.8 Å². The van der Waals surface area contributed by atoms with E-state index in [2.05, 4.69) is 32.1 Å². The van der Waals surface area contributed by atoms with Gasteiger partial charge in [0, 0.05) is 16.5 Å². The average Bonchev–Trinajstić information content (AvgIpc) is 3.11. The molecule has 0 saturated carbocycles. The maximum atomic E-state index is 12.0. The molecule has 1 heterocycles. The first-order valence-electron chi connectivity index (χ1n) is 6.96. The zero-order valence-corrected chi connectivity index (χ0v) is 16.3. The number of hydrazine groups is 1. The fourth-order valence-corrected chi connectivity index (χ4v) is 3.03. The molecule has 130 valence electrons. The van der Waals surface area contributed by atoms with Gasteiger partial charge in [-0.15, -0.1) is 11.3 Å². The molecule has 0 radical (unpaired) electrons. The van der Waals surface area contributed by atoms with Crippen LogP contribution in [0.5, 0.6) is 5.75 Å². The minimum absolute atomic E-state index is 0.0123. The third-order valence-electron chi connectivity index (χ3n) is 2.88. The Kier molecular flexibility index (Phi) is 7.11. The molecule has 0 aliphatic rings. The molecule has 0 unspecified atom stereocenters. The molecular weight excluding hydrogens is 426 g/mol. The molecule has 25 heavy (non-hydrogen) atoms. The highest BCUT2D eigenvalue weighted by molar-refractivity contribution is 9.10. The number of hydrogen-bond donors (Lipinski definition) is 3. The summed E-state index contributed by atoms with van der Waals surface area (Å²) in [5.74, 6) is -0.189. The summed E-state index contributed by atoms with van der Waals surface area (Å²) in [5.41, 5.74) is 5.28. The number of methoxy groups -OCH3 is 1. The van der Waals surface area contributed by atoms with Gasteiger partial charge in [0.15, 0.2) is 5.11 Å². The summed E-state index contributed by atoms with van der Waals surface area (Å²) < 4.78 is 5.75. The Morgan fingerprint density at radius 2 is 2.08 bits per heavy atom. The molecule has 0 bridgehead atoms. The molecule has 2 rings (SSSR count). The summed E-state index contributed by atoms with van der Waals surface area (Å²) in [6.07, 6.45) is 3.04. The number of nitrogens with one attached hydrogen (secondary N) is 3. The summed E-state index contributed by atoms with van der Waals surface area (Å²) in [5, 5.41) is 4.34. The predicted molar refractivity (Wildman–Crippen MR) is 105 cm³/mol. The number of hydrogen-bond acceptors (Lipinski definition) is 5. The van der Waals surface area contributed by atoms with Gasteiger partial charge in [-0.05, 0) is 63.9 Å². The van der Waals surface area contributed by atoms with Crippen molar-refractivity contribution in [2.75, 3.05) is 7.11 Å². The number of amides is 2. The fraction of sp³-hybridized carbons (Fsp3) is 0.0625. The van der Waals surface area contributed by atoms with E-state index in [0.29, 0.717) is 15.8 Å². The van der Waals surface area contributed by atoms with Gasteiger partial charge in [0.05, 0.1) is 11.6 Å². The Morgan fingerprint density at radius 1 is 1.28 bits per heavy atom. The quantitative estimate of drug-likeness (QED) is 0.387. The number of ether oxygens (including phenoxy) is 1. The highest BCUT2D eigenvalue weighted by Gasteiger charge is 2.09. The zero-order valence-electron chi connectivity index (χ0n) is 13.0. The highest BCUT2D eigenvalue weighted by Crippen LogP contribution is 2.25. The van der Waals surface area contributed by atoms with E-state index < -0.39 is 11.8 Å². The van der Waals surface area contributed by atoms with Crippen LogP contribution in [0, 0.1) is 0 Å². The first-order chi connectivity index (χ1) is 12.0. The van der Waals surface area contributed by atoms with Crippen molar-refractivity contribution in [3.05, 3.63) is 56.7 Å². The lowest BCUT2D eigenvalue weighted by atomic mass is 10.2. The lowest BCUT2D eigenvalue weighted by Crippen LogP contribution is -2.48. The van der Waals surface area contributed by atoms with E-state index in [-0.39, 0.29) is 5.11 Å². The van der Waals surface area contributed by atoms with E-state index in [1.54, 1.807) is 24.3 Å². The third-order valence-corrected chi connectivity index (χ3v) is 4.54. The smallest absolute Gasteiger partial charge is 0.269 e. The van der Waals surface area contributed by atoms with E-state index in [4.69, 9.17) is 17.0 Å². The minimum Gasteiger partial charge on any atom is -0.496 e. The van der Waals surface area contributed by atoms with E-state index in [9.17, 15) is 9.59 Å². The van der Waals surface area contributed by atoms with Crippen LogP contribution in [0.15, 0.2) is 46.3 Å². The van der Waals surface area contributed by atoms with E-state index >= 15 is 0 Å². The molecule has 6 nitrogen and oxygen atoms in total. The van der Waals surface area contributed by atoms with Gasteiger partial charge in [0.1, 0.15) is 5.75 Å². The molecule has 0 aliphatic heterocycles. The van der Waals surface area contributed by atoms with Crippen molar-refractivity contribution < 1.29 is 14.3 Å². The van der Waals surface area contributed by atoms with Gasteiger partial charge < -0.3 is 4.74 Å². The first kappa shape index (κ1) is 19.1. The molecule has 0 saturated heterocycles. The van der Waals surface area contributed by atoms with Crippen LogP contribution in [-0.4, -0.2) is 24.0 Å². The molecule has 2 amide bonds. The summed E-state index contributed by atoms with van der Waals surface area (Å²) in [4.78, 5) is 24.7. The van der Waals surface area contributed by atoms with Crippen LogP contribution in [0.3, 0.4) is 0 Å². The van der Waals surface area contributed by atoms with Crippen LogP contribution < -0.4 is 20.9 Å². The van der Waals surface area contributed by atoms with Crippen molar-refractivity contribution in [2.24, 2.45) is 0 Å². The maximum Gasteiger partial charge on any atom is 0.269 e. The largest absolute Gasteiger partial charge is 0.496 e. The highest BCUT2D eigenvalue weighted by atomic mass is 79.9. The lowest BCUT2D eigenvalue weighted by molar-refractivity contribution is -0.115. The van der Waals surface area contributed by atoms with Gasteiger partial charge in [-0.25, -0.2) is 0 Å². The van der Waals surface area contributed by atoms with Crippen LogP contribution in [0.2, 0.25) is 0 Å². The van der Waals surface area contributed by atoms with Crippen molar-refractivity contribution in [1.82, 2.24) is 16.2 Å². The second kappa shape index (κ2) is 9.30. The van der Waals surface area contributed by atoms with Crippen molar-refractivity contribution in [2.45, 2.75) is 0 Å². The zero-order chi connectivity index (χ0) is 18.2. The molecule has 1 aromatic carbocycles. The average molecular weight is 440 g/mol. The SMILES string of the molecule is COc1ccc(C(=O)NNC(=S)NC(=O)/C=C/c2cccs2)cc1Br.